The topological polar surface area (TPSA) is 54.9 Å². The summed E-state index contributed by atoms with van der Waals surface area (Å²) in [5, 5.41) is 0.732. The Morgan fingerprint density at radius 1 is 1.10 bits per heavy atom. The van der Waals surface area contributed by atoms with Gasteiger partial charge in [-0.05, 0) is 76.3 Å². The summed E-state index contributed by atoms with van der Waals surface area (Å²) in [6, 6.07) is 9.53. The molecule has 0 saturated carbocycles. The van der Waals surface area contributed by atoms with Crippen LogP contribution in [0.1, 0.15) is 27.9 Å². The molecule has 6 nitrogen and oxygen atoms in total. The number of aromatic nitrogens is 1. The summed E-state index contributed by atoms with van der Waals surface area (Å²) in [4.78, 5) is 22.2. The second-order valence-corrected chi connectivity index (χ2v) is 8.54. The van der Waals surface area contributed by atoms with Crippen molar-refractivity contribution in [2.24, 2.45) is 0 Å². The molecule has 0 fully saturated rings. The lowest BCUT2D eigenvalue weighted by Crippen LogP contribution is -2.33. The lowest BCUT2D eigenvalue weighted by Gasteiger charge is -2.21. The van der Waals surface area contributed by atoms with E-state index in [-0.39, 0.29) is 12.7 Å². The summed E-state index contributed by atoms with van der Waals surface area (Å²) >= 11 is 1.56. The fourth-order valence-electron chi connectivity index (χ4n) is 3.34. The average molecular weight is 412 g/mol. The molecule has 0 saturated heterocycles. The highest BCUT2D eigenvalue weighted by atomic mass is 32.1. The zero-order valence-electron chi connectivity index (χ0n) is 17.2. The first-order valence-electron chi connectivity index (χ1n) is 9.67. The standard InChI is InChI=1S/C22H25N3O3S/c1-14-6-9-19-20(15(14)2)23-22(29-19)25(11-5-10-24(3)4)21(26)16-7-8-17-18(12-16)28-13-27-17/h6-9,12H,5,10-11,13H2,1-4H3. The van der Waals surface area contributed by atoms with E-state index in [1.807, 2.05) is 14.1 Å². The number of ether oxygens (including phenoxy) is 2. The van der Waals surface area contributed by atoms with Crippen LogP contribution < -0.4 is 14.4 Å². The highest BCUT2D eigenvalue weighted by molar-refractivity contribution is 7.22. The first-order valence-corrected chi connectivity index (χ1v) is 10.5. The number of benzene rings is 2. The molecule has 1 aromatic heterocycles. The Bertz CT molecular complexity index is 1060. The number of amides is 1. The van der Waals surface area contributed by atoms with Crippen LogP contribution in [0.3, 0.4) is 0 Å². The van der Waals surface area contributed by atoms with Gasteiger partial charge in [-0.1, -0.05) is 17.4 Å². The van der Waals surface area contributed by atoms with Crippen molar-refractivity contribution in [3.63, 3.8) is 0 Å². The molecule has 7 heteroatoms. The fourth-order valence-corrected chi connectivity index (χ4v) is 4.39. The van der Waals surface area contributed by atoms with Gasteiger partial charge in [0.15, 0.2) is 16.6 Å². The monoisotopic (exact) mass is 411 g/mol. The summed E-state index contributed by atoms with van der Waals surface area (Å²) in [6.45, 7) is 5.85. The van der Waals surface area contributed by atoms with E-state index < -0.39 is 0 Å². The molecule has 2 aromatic carbocycles. The van der Waals surface area contributed by atoms with E-state index in [4.69, 9.17) is 14.5 Å². The smallest absolute Gasteiger partial charge is 0.260 e. The summed E-state index contributed by atoms with van der Waals surface area (Å²) < 4.78 is 11.9. The Labute approximate surface area is 174 Å². The van der Waals surface area contributed by atoms with Crippen LogP contribution in [0, 0.1) is 13.8 Å². The van der Waals surface area contributed by atoms with Crippen molar-refractivity contribution >= 4 is 32.6 Å². The second kappa shape index (κ2) is 8.00. The van der Waals surface area contributed by atoms with Crippen LogP contribution in [0.15, 0.2) is 30.3 Å². The zero-order chi connectivity index (χ0) is 20.5. The molecule has 3 aromatic rings. The molecule has 2 heterocycles. The van der Waals surface area contributed by atoms with Crippen molar-refractivity contribution in [1.82, 2.24) is 9.88 Å². The number of hydrogen-bond donors (Lipinski definition) is 0. The van der Waals surface area contributed by atoms with Crippen LogP contribution in [-0.4, -0.2) is 49.8 Å². The summed E-state index contributed by atoms with van der Waals surface area (Å²) in [6.07, 6.45) is 0.858. The van der Waals surface area contributed by atoms with Gasteiger partial charge in [-0.2, -0.15) is 0 Å². The molecule has 0 N–H and O–H groups in total. The molecule has 0 atom stereocenters. The maximum atomic E-state index is 13.4. The summed E-state index contributed by atoms with van der Waals surface area (Å²) in [5.74, 6) is 1.21. The third-order valence-corrected chi connectivity index (χ3v) is 6.20. The molecular weight excluding hydrogens is 386 g/mol. The quantitative estimate of drug-likeness (QED) is 0.607. The van der Waals surface area contributed by atoms with Crippen LogP contribution in [0.25, 0.3) is 10.2 Å². The van der Waals surface area contributed by atoms with Gasteiger partial charge in [0.05, 0.1) is 10.2 Å². The number of rotatable bonds is 6. The minimum atomic E-state index is -0.0736. The normalized spacial score (nSPS) is 12.7. The summed E-state index contributed by atoms with van der Waals surface area (Å²) in [5.41, 5.74) is 3.91. The molecule has 152 valence electrons. The van der Waals surface area contributed by atoms with Gasteiger partial charge in [-0.15, -0.1) is 0 Å². The van der Waals surface area contributed by atoms with Crippen LogP contribution in [0.4, 0.5) is 5.13 Å². The summed E-state index contributed by atoms with van der Waals surface area (Å²) in [7, 11) is 4.07. The Kier molecular flexibility index (Phi) is 5.43. The molecule has 0 radical (unpaired) electrons. The number of hydrogen-bond acceptors (Lipinski definition) is 6. The predicted octanol–water partition coefficient (Wildman–Crippen LogP) is 4.24. The maximum absolute atomic E-state index is 13.4. The lowest BCUT2D eigenvalue weighted by atomic mass is 10.1. The third kappa shape index (κ3) is 3.93. The largest absolute Gasteiger partial charge is 0.454 e. The van der Waals surface area contributed by atoms with Gasteiger partial charge in [0.1, 0.15) is 0 Å². The first-order chi connectivity index (χ1) is 13.9. The molecule has 1 amide bonds. The highest BCUT2D eigenvalue weighted by Crippen LogP contribution is 2.35. The van der Waals surface area contributed by atoms with Crippen molar-refractivity contribution in [2.45, 2.75) is 20.3 Å². The zero-order valence-corrected chi connectivity index (χ0v) is 18.0. The molecule has 4 rings (SSSR count). The van der Waals surface area contributed by atoms with E-state index in [1.54, 1.807) is 34.4 Å². The maximum Gasteiger partial charge on any atom is 0.260 e. The van der Waals surface area contributed by atoms with Crippen LogP contribution in [-0.2, 0) is 0 Å². The minimum absolute atomic E-state index is 0.0736. The molecular formula is C22H25N3O3S. The van der Waals surface area contributed by atoms with Crippen LogP contribution in [0.2, 0.25) is 0 Å². The number of thiazole rings is 1. The van der Waals surface area contributed by atoms with Gasteiger partial charge in [0.25, 0.3) is 5.91 Å². The Morgan fingerprint density at radius 3 is 2.69 bits per heavy atom. The van der Waals surface area contributed by atoms with E-state index in [1.165, 1.54) is 5.56 Å². The molecule has 0 aliphatic carbocycles. The van der Waals surface area contributed by atoms with Crippen molar-refractivity contribution in [1.29, 1.82) is 0 Å². The van der Waals surface area contributed by atoms with Gasteiger partial charge in [-0.3, -0.25) is 9.69 Å². The Balaban J connectivity index is 1.69. The molecule has 0 spiro atoms. The molecule has 0 unspecified atom stereocenters. The van der Waals surface area contributed by atoms with E-state index in [2.05, 4.69) is 30.9 Å². The van der Waals surface area contributed by atoms with Crippen molar-refractivity contribution in [3.8, 4) is 11.5 Å². The highest BCUT2D eigenvalue weighted by Gasteiger charge is 2.24. The first kappa shape index (κ1) is 19.7. The molecule has 29 heavy (non-hydrogen) atoms. The third-order valence-electron chi connectivity index (χ3n) is 5.16. The van der Waals surface area contributed by atoms with Gasteiger partial charge in [-0.25, -0.2) is 4.98 Å². The number of nitrogens with zero attached hydrogens (tertiary/aromatic N) is 3. The molecule has 0 bridgehead atoms. The van der Waals surface area contributed by atoms with E-state index >= 15 is 0 Å². The van der Waals surface area contributed by atoms with Crippen LogP contribution in [0.5, 0.6) is 11.5 Å². The van der Waals surface area contributed by atoms with Crippen molar-refractivity contribution in [3.05, 3.63) is 47.0 Å². The number of aryl methyl sites for hydroxylation is 2. The fraction of sp³-hybridized carbons (Fsp3) is 0.364. The number of fused-ring (bicyclic) bond motifs is 2. The van der Waals surface area contributed by atoms with E-state index in [0.29, 0.717) is 23.6 Å². The molecule has 1 aliphatic rings. The Hall–Kier alpha value is -2.64. The lowest BCUT2D eigenvalue weighted by molar-refractivity contribution is 0.0985. The molecule has 1 aliphatic heterocycles. The Morgan fingerprint density at radius 2 is 1.90 bits per heavy atom. The van der Waals surface area contributed by atoms with Crippen LogP contribution >= 0.6 is 11.3 Å². The van der Waals surface area contributed by atoms with Gasteiger partial charge in [0.2, 0.25) is 6.79 Å². The van der Waals surface area contributed by atoms with Gasteiger partial charge >= 0.3 is 0 Å². The average Bonchev–Trinajstić information content (AvgIpc) is 3.34. The number of carbonyl (C=O) groups is 1. The number of anilines is 1. The van der Waals surface area contributed by atoms with Gasteiger partial charge in [0, 0.05) is 12.1 Å². The van der Waals surface area contributed by atoms with Crippen molar-refractivity contribution in [2.75, 3.05) is 38.9 Å². The van der Waals surface area contributed by atoms with Crippen molar-refractivity contribution < 1.29 is 14.3 Å². The SMILES string of the molecule is Cc1ccc2sc(N(CCCN(C)C)C(=O)c3ccc4c(c3)OCO4)nc2c1C. The second-order valence-electron chi connectivity index (χ2n) is 7.53. The minimum Gasteiger partial charge on any atom is -0.454 e. The predicted molar refractivity (Wildman–Crippen MR) is 117 cm³/mol. The van der Waals surface area contributed by atoms with Gasteiger partial charge < -0.3 is 14.4 Å². The van der Waals surface area contributed by atoms with E-state index in [9.17, 15) is 4.79 Å². The number of carbonyl (C=O) groups excluding carboxylic acids is 1. The van der Waals surface area contributed by atoms with E-state index in [0.717, 1.165) is 33.9 Å².